The lowest BCUT2D eigenvalue weighted by Gasteiger charge is -2.12. The Kier molecular flexibility index (Phi) is 15.2. The van der Waals surface area contributed by atoms with E-state index in [0.29, 0.717) is 6.42 Å². The van der Waals surface area contributed by atoms with Crippen LogP contribution in [-0.4, -0.2) is 32.4 Å². The van der Waals surface area contributed by atoms with Gasteiger partial charge in [0.25, 0.3) is 5.97 Å². The van der Waals surface area contributed by atoms with E-state index in [9.17, 15) is 4.79 Å². The zero-order chi connectivity index (χ0) is 18.8. The van der Waals surface area contributed by atoms with Gasteiger partial charge < -0.3 is 20.4 Å². The third kappa shape index (κ3) is 22.6. The molecule has 0 aliphatic carbocycles. The van der Waals surface area contributed by atoms with Gasteiger partial charge in [-0.1, -0.05) is 37.8 Å². The van der Waals surface area contributed by atoms with Gasteiger partial charge in [-0.15, -0.1) is 5.73 Å². The third-order valence-electron chi connectivity index (χ3n) is 3.78. The smallest absolute Gasteiger partial charge is 0.303 e. The van der Waals surface area contributed by atoms with Gasteiger partial charge in [-0.3, -0.25) is 4.79 Å². The number of carboxylic acid groups (broad SMARTS) is 1. The molecule has 0 spiro atoms. The molecule has 144 valence electrons. The number of aliphatic hydroxyl groups is 3. The summed E-state index contributed by atoms with van der Waals surface area (Å²) in [6.07, 6.45) is 18.9. The van der Waals surface area contributed by atoms with E-state index in [1.807, 2.05) is 12.2 Å². The van der Waals surface area contributed by atoms with Crippen molar-refractivity contribution in [1.82, 2.24) is 0 Å². The molecule has 0 aromatic carbocycles. The molecule has 0 unspecified atom stereocenters. The maximum Gasteiger partial charge on any atom is 0.303 e. The molecule has 0 bridgehead atoms. The molecule has 0 aliphatic heterocycles. The second-order valence-corrected chi connectivity index (χ2v) is 6.36. The van der Waals surface area contributed by atoms with Crippen LogP contribution in [0.4, 0.5) is 0 Å². The number of carboxylic acids is 1. The summed E-state index contributed by atoms with van der Waals surface area (Å²) >= 11 is 0. The summed E-state index contributed by atoms with van der Waals surface area (Å²) < 4.78 is 0. The number of hydrogen-bond acceptors (Lipinski definition) is 4. The highest BCUT2D eigenvalue weighted by Gasteiger charge is 2.16. The van der Waals surface area contributed by atoms with Crippen LogP contribution >= 0.6 is 0 Å². The van der Waals surface area contributed by atoms with Crippen molar-refractivity contribution in [3.8, 4) is 0 Å². The number of allylic oxidation sites excluding steroid dienone is 3. The van der Waals surface area contributed by atoms with Crippen LogP contribution in [0.2, 0.25) is 0 Å². The predicted octanol–water partition coefficient (Wildman–Crippen LogP) is 4.04. The molecule has 0 atom stereocenters. The standard InChI is InChI=1S/C20H34O5/c21-19(22)17-15-13-11-9-7-5-3-1-2-4-6-8-10-12-14-16-18-20(23,24)25/h2-3,5-6,23-25H,1,7-18H2,(H,21,22). The van der Waals surface area contributed by atoms with E-state index < -0.39 is 11.9 Å². The number of unbranched alkanes of at least 4 members (excludes halogenated alkanes) is 8. The number of rotatable bonds is 16. The maximum absolute atomic E-state index is 10.3. The summed E-state index contributed by atoms with van der Waals surface area (Å²) in [6.45, 7) is 0. The predicted molar refractivity (Wildman–Crippen MR) is 98.8 cm³/mol. The summed E-state index contributed by atoms with van der Waals surface area (Å²) in [4.78, 5) is 10.3. The van der Waals surface area contributed by atoms with Gasteiger partial charge in [-0.25, -0.2) is 0 Å². The summed E-state index contributed by atoms with van der Waals surface area (Å²) in [7, 11) is 0. The lowest BCUT2D eigenvalue weighted by molar-refractivity contribution is -0.315. The van der Waals surface area contributed by atoms with Gasteiger partial charge in [-0.05, 0) is 57.1 Å². The van der Waals surface area contributed by atoms with Crippen molar-refractivity contribution in [2.45, 2.75) is 89.4 Å². The van der Waals surface area contributed by atoms with Crippen molar-refractivity contribution in [2.75, 3.05) is 0 Å². The molecule has 5 heteroatoms. The SMILES string of the molecule is O=C(O)CCCCCCC=CCC=C=CCCCCCCC(O)(O)O. The molecule has 0 aromatic heterocycles. The fourth-order valence-electron chi connectivity index (χ4n) is 2.37. The lowest BCUT2D eigenvalue weighted by Crippen LogP contribution is -2.26. The largest absolute Gasteiger partial charge is 0.481 e. The van der Waals surface area contributed by atoms with E-state index in [-0.39, 0.29) is 12.8 Å². The molecular formula is C20H34O5. The molecule has 0 fully saturated rings. The Hall–Kier alpha value is -1.39. The highest BCUT2D eigenvalue weighted by Crippen LogP contribution is 2.11. The highest BCUT2D eigenvalue weighted by atomic mass is 16.7. The van der Waals surface area contributed by atoms with Crippen molar-refractivity contribution in [3.63, 3.8) is 0 Å². The molecule has 0 saturated carbocycles. The molecule has 0 saturated heterocycles. The molecule has 25 heavy (non-hydrogen) atoms. The number of aliphatic carboxylic acids is 1. The first-order valence-corrected chi connectivity index (χ1v) is 9.35. The lowest BCUT2D eigenvalue weighted by atomic mass is 10.1. The van der Waals surface area contributed by atoms with Gasteiger partial charge in [0.15, 0.2) is 0 Å². The van der Waals surface area contributed by atoms with Gasteiger partial charge >= 0.3 is 5.97 Å². The van der Waals surface area contributed by atoms with E-state index in [4.69, 9.17) is 20.4 Å². The fraction of sp³-hybridized carbons (Fsp3) is 0.700. The van der Waals surface area contributed by atoms with Crippen LogP contribution in [-0.2, 0) is 4.79 Å². The minimum absolute atomic E-state index is 0.00257. The van der Waals surface area contributed by atoms with Crippen LogP contribution in [0.3, 0.4) is 0 Å². The Morgan fingerprint density at radius 1 is 0.800 bits per heavy atom. The average Bonchev–Trinajstić information content (AvgIpc) is 2.52. The Balaban J connectivity index is 3.38. The quantitative estimate of drug-likeness (QED) is 0.145. The van der Waals surface area contributed by atoms with E-state index >= 15 is 0 Å². The normalized spacial score (nSPS) is 11.5. The van der Waals surface area contributed by atoms with Crippen LogP contribution < -0.4 is 0 Å². The molecule has 0 aliphatic rings. The number of carbonyl (C=O) groups is 1. The first kappa shape index (κ1) is 23.6. The van der Waals surface area contributed by atoms with Crippen LogP contribution in [0, 0.1) is 0 Å². The van der Waals surface area contributed by atoms with E-state index in [2.05, 4.69) is 17.9 Å². The molecule has 0 rings (SSSR count). The molecule has 4 N–H and O–H groups in total. The molecule has 0 aromatic rings. The van der Waals surface area contributed by atoms with Gasteiger partial charge in [0.2, 0.25) is 0 Å². The third-order valence-corrected chi connectivity index (χ3v) is 3.78. The minimum atomic E-state index is -2.52. The summed E-state index contributed by atoms with van der Waals surface area (Å²) in [5.41, 5.74) is 3.15. The Morgan fingerprint density at radius 2 is 1.44 bits per heavy atom. The summed E-state index contributed by atoms with van der Waals surface area (Å²) in [5, 5.41) is 34.7. The topological polar surface area (TPSA) is 98.0 Å². The van der Waals surface area contributed by atoms with Crippen molar-refractivity contribution >= 4 is 5.97 Å². The van der Waals surface area contributed by atoms with Crippen molar-refractivity contribution in [3.05, 3.63) is 30.0 Å². The van der Waals surface area contributed by atoms with Crippen LogP contribution in [0.25, 0.3) is 0 Å². The van der Waals surface area contributed by atoms with Crippen LogP contribution in [0.5, 0.6) is 0 Å². The fourth-order valence-corrected chi connectivity index (χ4v) is 2.37. The minimum Gasteiger partial charge on any atom is -0.481 e. The van der Waals surface area contributed by atoms with E-state index in [1.54, 1.807) is 0 Å². The monoisotopic (exact) mass is 354 g/mol. The summed E-state index contributed by atoms with van der Waals surface area (Å²) in [5.74, 6) is -3.22. The highest BCUT2D eigenvalue weighted by molar-refractivity contribution is 5.66. The Morgan fingerprint density at radius 3 is 2.12 bits per heavy atom. The van der Waals surface area contributed by atoms with Crippen LogP contribution in [0.1, 0.15) is 83.5 Å². The van der Waals surface area contributed by atoms with Gasteiger partial charge in [0, 0.05) is 12.8 Å². The Bertz CT molecular complexity index is 414. The van der Waals surface area contributed by atoms with Crippen molar-refractivity contribution in [1.29, 1.82) is 0 Å². The average molecular weight is 354 g/mol. The van der Waals surface area contributed by atoms with Crippen molar-refractivity contribution in [2.24, 2.45) is 0 Å². The first-order valence-electron chi connectivity index (χ1n) is 9.35. The van der Waals surface area contributed by atoms with E-state index in [1.165, 1.54) is 0 Å². The van der Waals surface area contributed by atoms with Gasteiger partial charge in [0.1, 0.15) is 0 Å². The maximum atomic E-state index is 10.3. The molecule has 0 amide bonds. The Labute approximate surface area is 151 Å². The molecular weight excluding hydrogens is 320 g/mol. The van der Waals surface area contributed by atoms with Gasteiger partial charge in [0.05, 0.1) is 0 Å². The second-order valence-electron chi connectivity index (χ2n) is 6.36. The van der Waals surface area contributed by atoms with E-state index in [0.717, 1.165) is 64.2 Å². The molecule has 0 heterocycles. The zero-order valence-electron chi connectivity index (χ0n) is 15.2. The van der Waals surface area contributed by atoms with Crippen LogP contribution in [0.15, 0.2) is 30.0 Å². The van der Waals surface area contributed by atoms with Crippen molar-refractivity contribution < 1.29 is 25.2 Å². The second kappa shape index (κ2) is 16.1. The first-order chi connectivity index (χ1) is 11.9. The molecule has 5 nitrogen and oxygen atoms in total. The van der Waals surface area contributed by atoms with Gasteiger partial charge in [-0.2, -0.15) is 0 Å². The zero-order valence-corrected chi connectivity index (χ0v) is 15.2. The number of hydrogen-bond donors (Lipinski definition) is 4. The molecule has 0 radical (unpaired) electrons. The summed E-state index contributed by atoms with van der Waals surface area (Å²) in [6, 6.07) is 0.